The molecule has 0 aliphatic carbocycles. The highest BCUT2D eigenvalue weighted by Gasteiger charge is 2.29. The average Bonchev–Trinajstić information content (AvgIpc) is 2.82. The zero-order valence-electron chi connectivity index (χ0n) is 19.2. The first-order chi connectivity index (χ1) is 16.3. The fraction of sp³-hybridized carbons (Fsp3) is 0.417. The number of unbranched alkanes of at least 4 members (excludes halogenated alkanes) is 1. The Bertz CT molecular complexity index is 1050. The van der Waals surface area contributed by atoms with Gasteiger partial charge in [-0.05, 0) is 43.7 Å². The molecule has 0 aromatic heterocycles. The predicted molar refractivity (Wildman–Crippen MR) is 134 cm³/mol. The Morgan fingerprint density at radius 3 is 2.71 bits per heavy atom. The van der Waals surface area contributed by atoms with Crippen LogP contribution in [0.15, 0.2) is 47.4 Å². The van der Waals surface area contributed by atoms with E-state index in [0.717, 1.165) is 30.3 Å². The van der Waals surface area contributed by atoms with Crippen molar-refractivity contribution in [1.82, 2.24) is 4.90 Å². The van der Waals surface area contributed by atoms with Crippen molar-refractivity contribution in [3.05, 3.63) is 63.2 Å². The minimum absolute atomic E-state index is 0.0270. The Morgan fingerprint density at radius 1 is 1.24 bits per heavy atom. The molecule has 182 valence electrons. The number of carbonyl (C=O) groups excluding carboxylic acids is 2. The van der Waals surface area contributed by atoms with Gasteiger partial charge in [0.15, 0.2) is 0 Å². The maximum Gasteiger partial charge on any atom is 0.316 e. The van der Waals surface area contributed by atoms with Crippen molar-refractivity contribution in [3.8, 4) is 0 Å². The van der Waals surface area contributed by atoms with Gasteiger partial charge in [0, 0.05) is 48.0 Å². The van der Waals surface area contributed by atoms with E-state index in [-0.39, 0.29) is 29.0 Å². The van der Waals surface area contributed by atoms with Crippen molar-refractivity contribution in [1.29, 1.82) is 0 Å². The van der Waals surface area contributed by atoms with E-state index >= 15 is 0 Å². The van der Waals surface area contributed by atoms with Crippen molar-refractivity contribution in [3.63, 3.8) is 0 Å². The van der Waals surface area contributed by atoms with Gasteiger partial charge in [0.05, 0.1) is 22.2 Å². The first kappa shape index (κ1) is 25.8. The zero-order chi connectivity index (χ0) is 24.7. The van der Waals surface area contributed by atoms with Crippen molar-refractivity contribution < 1.29 is 19.2 Å². The van der Waals surface area contributed by atoms with Crippen LogP contribution in [0.3, 0.4) is 0 Å². The van der Waals surface area contributed by atoms with Crippen LogP contribution in [0.2, 0.25) is 5.02 Å². The third-order valence-corrected chi connectivity index (χ3v) is 6.83. The van der Waals surface area contributed by atoms with Gasteiger partial charge in [-0.15, -0.1) is 11.8 Å². The molecule has 10 heteroatoms. The highest BCUT2D eigenvalue weighted by Crippen LogP contribution is 2.31. The number of amides is 1. The average molecular weight is 506 g/mol. The minimum atomic E-state index is -0.527. The largest absolute Gasteiger partial charge is 0.465 e. The van der Waals surface area contributed by atoms with E-state index in [0.29, 0.717) is 36.2 Å². The fourth-order valence-corrected chi connectivity index (χ4v) is 4.77. The van der Waals surface area contributed by atoms with Crippen LogP contribution in [0, 0.1) is 10.1 Å². The molecule has 1 fully saturated rings. The minimum Gasteiger partial charge on any atom is -0.465 e. The van der Waals surface area contributed by atoms with Gasteiger partial charge in [0.2, 0.25) is 0 Å². The summed E-state index contributed by atoms with van der Waals surface area (Å²) < 4.78 is 5.10. The van der Waals surface area contributed by atoms with Gasteiger partial charge in [-0.1, -0.05) is 31.0 Å². The molecule has 2 aromatic carbocycles. The zero-order valence-corrected chi connectivity index (χ0v) is 20.8. The summed E-state index contributed by atoms with van der Waals surface area (Å²) in [7, 11) is 0. The quantitative estimate of drug-likeness (QED) is 0.155. The Kier molecular flexibility index (Phi) is 9.18. The second-order valence-electron chi connectivity index (χ2n) is 8.08. The van der Waals surface area contributed by atoms with Crippen LogP contribution in [-0.4, -0.2) is 59.7 Å². The summed E-state index contributed by atoms with van der Waals surface area (Å²) >= 11 is 7.16. The number of thioether (sulfide) groups is 1. The van der Waals surface area contributed by atoms with E-state index in [2.05, 4.69) is 4.90 Å². The van der Waals surface area contributed by atoms with E-state index in [4.69, 9.17) is 16.3 Å². The molecule has 1 aliphatic heterocycles. The van der Waals surface area contributed by atoms with Gasteiger partial charge in [-0.25, -0.2) is 0 Å². The van der Waals surface area contributed by atoms with Crippen LogP contribution in [0.1, 0.15) is 37.0 Å². The first-order valence-electron chi connectivity index (χ1n) is 11.2. The third-order valence-electron chi connectivity index (χ3n) is 5.56. The molecule has 0 spiro atoms. The van der Waals surface area contributed by atoms with Crippen LogP contribution >= 0.6 is 23.4 Å². The molecule has 34 heavy (non-hydrogen) atoms. The number of hydrogen-bond acceptors (Lipinski definition) is 7. The number of benzene rings is 2. The molecule has 1 aliphatic rings. The molecule has 0 saturated carbocycles. The molecular formula is C24H28ClN3O5S. The highest BCUT2D eigenvalue weighted by molar-refractivity contribution is 8.00. The third kappa shape index (κ3) is 6.64. The molecule has 1 amide bonds. The monoisotopic (exact) mass is 505 g/mol. The Balaban J connectivity index is 1.66. The number of ether oxygens (including phenoxy) is 1. The number of esters is 1. The summed E-state index contributed by atoms with van der Waals surface area (Å²) in [5, 5.41) is 12.3. The summed E-state index contributed by atoms with van der Waals surface area (Å²) in [6.45, 7) is 5.97. The Hall–Kier alpha value is -2.78. The number of carbonyl (C=O) groups is 2. The lowest BCUT2D eigenvalue weighted by molar-refractivity contribution is -0.387. The lowest BCUT2D eigenvalue weighted by Crippen LogP contribution is -2.53. The number of nitro benzene ring substituents is 1. The van der Waals surface area contributed by atoms with Crippen LogP contribution in [0.4, 0.5) is 11.4 Å². The van der Waals surface area contributed by atoms with Crippen molar-refractivity contribution in [2.24, 2.45) is 0 Å². The molecule has 3 rings (SSSR count). The molecule has 0 unspecified atom stereocenters. The number of anilines is 1. The van der Waals surface area contributed by atoms with E-state index in [9.17, 15) is 19.7 Å². The molecule has 0 radical (unpaired) electrons. The van der Waals surface area contributed by atoms with E-state index < -0.39 is 10.9 Å². The van der Waals surface area contributed by atoms with E-state index in [1.54, 1.807) is 11.0 Å². The molecule has 1 heterocycles. The smallest absolute Gasteiger partial charge is 0.316 e. The van der Waals surface area contributed by atoms with Crippen LogP contribution in [0.5, 0.6) is 0 Å². The summed E-state index contributed by atoms with van der Waals surface area (Å²) in [4.78, 5) is 40.3. The number of piperazine rings is 1. The SMILES string of the molecule is CCCCOC(=O)CSc1ccc(C(=O)N2CCN(c3cccc(Cl)c3)[C@H](C)C2)cc1[N+](=O)[O-]. The van der Waals surface area contributed by atoms with Crippen LogP contribution < -0.4 is 4.90 Å². The molecule has 0 bridgehead atoms. The number of nitro groups is 1. The fourth-order valence-electron chi connectivity index (χ4n) is 3.79. The molecule has 0 N–H and O–H groups in total. The molecule has 8 nitrogen and oxygen atoms in total. The lowest BCUT2D eigenvalue weighted by Gasteiger charge is -2.41. The summed E-state index contributed by atoms with van der Waals surface area (Å²) in [5.74, 6) is -0.698. The molecule has 2 aromatic rings. The van der Waals surface area contributed by atoms with Crippen LogP contribution in [0.25, 0.3) is 0 Å². The van der Waals surface area contributed by atoms with Gasteiger partial charge in [-0.3, -0.25) is 19.7 Å². The molecule has 1 saturated heterocycles. The number of halogens is 1. The molecule has 1 atom stereocenters. The number of rotatable bonds is 9. The first-order valence-corrected chi connectivity index (χ1v) is 12.5. The van der Waals surface area contributed by atoms with Gasteiger partial charge >= 0.3 is 5.97 Å². The summed E-state index contributed by atoms with van der Waals surface area (Å²) in [6.07, 6.45) is 1.69. The Morgan fingerprint density at radius 2 is 2.03 bits per heavy atom. The van der Waals surface area contributed by atoms with Crippen molar-refractivity contribution in [2.75, 3.05) is 36.9 Å². The molecular weight excluding hydrogens is 478 g/mol. The van der Waals surface area contributed by atoms with Gasteiger partial charge in [0.1, 0.15) is 0 Å². The van der Waals surface area contributed by atoms with Crippen molar-refractivity contribution >= 4 is 46.6 Å². The Labute approximate surface area is 208 Å². The normalized spacial score (nSPS) is 15.8. The number of nitrogens with zero attached hydrogens (tertiary/aromatic N) is 3. The van der Waals surface area contributed by atoms with Gasteiger partial charge in [0.25, 0.3) is 11.6 Å². The van der Waals surface area contributed by atoms with E-state index in [1.807, 2.05) is 38.1 Å². The van der Waals surface area contributed by atoms with Gasteiger partial charge < -0.3 is 14.5 Å². The maximum atomic E-state index is 13.1. The predicted octanol–water partition coefficient (Wildman–Crippen LogP) is 5.03. The summed E-state index contributed by atoms with van der Waals surface area (Å²) in [5.41, 5.74) is 1.06. The highest BCUT2D eigenvalue weighted by atomic mass is 35.5. The lowest BCUT2D eigenvalue weighted by atomic mass is 10.1. The maximum absolute atomic E-state index is 13.1. The van der Waals surface area contributed by atoms with Gasteiger partial charge in [-0.2, -0.15) is 0 Å². The standard InChI is InChI=1S/C24H28ClN3O5S/c1-3-4-12-33-23(29)16-34-22-9-8-18(13-21(22)28(31)32)24(30)26-10-11-27(17(2)15-26)20-7-5-6-19(25)14-20/h5-9,13-14,17H,3-4,10-12,15-16H2,1-2H3/t17-/m1/s1. The summed E-state index contributed by atoms with van der Waals surface area (Å²) in [6, 6.07) is 12.1. The number of hydrogen-bond donors (Lipinski definition) is 0. The van der Waals surface area contributed by atoms with E-state index in [1.165, 1.54) is 12.1 Å². The van der Waals surface area contributed by atoms with Crippen LogP contribution in [-0.2, 0) is 9.53 Å². The topological polar surface area (TPSA) is 93.0 Å². The second-order valence-corrected chi connectivity index (χ2v) is 9.53. The van der Waals surface area contributed by atoms with Crippen molar-refractivity contribution in [2.45, 2.75) is 37.6 Å². The second kappa shape index (κ2) is 12.1.